The van der Waals surface area contributed by atoms with E-state index < -0.39 is 0 Å². The molecule has 3 aromatic rings. The van der Waals surface area contributed by atoms with Gasteiger partial charge in [0.1, 0.15) is 11.4 Å². The number of aromatic nitrogens is 3. The van der Waals surface area contributed by atoms with Crippen molar-refractivity contribution in [3.8, 4) is 11.3 Å². The number of hydrogen-bond acceptors (Lipinski definition) is 5. The monoisotopic (exact) mass is 368 g/mol. The molecule has 7 heteroatoms. The number of anilines is 2. The van der Waals surface area contributed by atoms with Crippen LogP contribution in [0.4, 0.5) is 11.4 Å². The van der Waals surface area contributed by atoms with Crippen LogP contribution in [0, 0.1) is 0 Å². The number of carbonyl (C=O) groups excluding carboxylic acids is 1. The predicted octanol–water partition coefficient (Wildman–Crippen LogP) is 3.92. The molecule has 0 aliphatic carbocycles. The van der Waals surface area contributed by atoms with Crippen molar-refractivity contribution in [1.29, 1.82) is 0 Å². The smallest absolute Gasteiger partial charge is 0.291 e. The quantitative estimate of drug-likeness (QED) is 0.690. The van der Waals surface area contributed by atoms with Crippen LogP contribution in [0.25, 0.3) is 11.3 Å². The molecule has 0 radical (unpaired) electrons. The number of hydrogen-bond donors (Lipinski definition) is 1. The lowest BCUT2D eigenvalue weighted by Crippen LogP contribution is -2.28. The van der Waals surface area contributed by atoms with Crippen molar-refractivity contribution in [3.63, 3.8) is 0 Å². The van der Waals surface area contributed by atoms with Crippen LogP contribution in [0.1, 0.15) is 24.2 Å². The average molecular weight is 369 g/mol. The van der Waals surface area contributed by atoms with E-state index in [2.05, 4.69) is 15.4 Å². The fraction of sp³-hybridized carbons (Fsp3) is 0.158. The summed E-state index contributed by atoms with van der Waals surface area (Å²) in [6, 6.07) is 10.6. The molecule has 0 amide bonds. The standard InChI is InChI=1S/C19H17ClN4O2/c1-3-24-19(26)18(22-15-9-5-4-8-14(15)20)16(12(2)25)17(23-24)13-7-6-10-21-11-13/h4-11,22H,3H2,1-2H3. The zero-order valence-corrected chi connectivity index (χ0v) is 15.1. The Bertz CT molecular complexity index is 1020. The highest BCUT2D eigenvalue weighted by molar-refractivity contribution is 6.33. The molecule has 0 aliphatic rings. The maximum Gasteiger partial charge on any atom is 0.291 e. The lowest BCUT2D eigenvalue weighted by molar-refractivity contribution is 0.101. The zero-order chi connectivity index (χ0) is 18.7. The maximum absolute atomic E-state index is 12.9. The second-order valence-corrected chi connectivity index (χ2v) is 6.03. The van der Waals surface area contributed by atoms with Gasteiger partial charge in [0.05, 0.1) is 16.3 Å². The first-order chi connectivity index (χ1) is 12.5. The van der Waals surface area contributed by atoms with Crippen molar-refractivity contribution in [2.45, 2.75) is 20.4 Å². The number of nitrogens with zero attached hydrogens (tertiary/aromatic N) is 3. The van der Waals surface area contributed by atoms with Gasteiger partial charge in [0, 0.05) is 24.5 Å². The van der Waals surface area contributed by atoms with Gasteiger partial charge in [0.2, 0.25) is 0 Å². The van der Waals surface area contributed by atoms with E-state index in [1.54, 1.807) is 48.8 Å². The minimum absolute atomic E-state index is 0.154. The number of ketones is 1. The molecule has 2 aromatic heterocycles. The van der Waals surface area contributed by atoms with Gasteiger partial charge in [0.15, 0.2) is 5.78 Å². The van der Waals surface area contributed by atoms with E-state index in [1.165, 1.54) is 11.6 Å². The summed E-state index contributed by atoms with van der Waals surface area (Å²) in [4.78, 5) is 29.3. The number of Topliss-reactive ketones (excluding diaryl/α,β-unsaturated/α-hetero) is 1. The molecule has 0 saturated heterocycles. The molecule has 6 nitrogen and oxygen atoms in total. The average Bonchev–Trinajstić information content (AvgIpc) is 2.65. The molecule has 26 heavy (non-hydrogen) atoms. The topological polar surface area (TPSA) is 76.9 Å². The van der Waals surface area contributed by atoms with Crippen LogP contribution in [-0.4, -0.2) is 20.5 Å². The molecule has 3 rings (SSSR count). The third kappa shape index (κ3) is 3.36. The summed E-state index contributed by atoms with van der Waals surface area (Å²) >= 11 is 6.21. The molecule has 0 spiro atoms. The highest BCUT2D eigenvalue weighted by atomic mass is 35.5. The molecule has 0 unspecified atom stereocenters. The number of pyridine rings is 1. The van der Waals surface area contributed by atoms with Gasteiger partial charge in [0.25, 0.3) is 5.56 Å². The zero-order valence-electron chi connectivity index (χ0n) is 14.4. The molecule has 132 valence electrons. The Balaban J connectivity index is 2.30. The van der Waals surface area contributed by atoms with Crippen molar-refractivity contribution in [1.82, 2.24) is 14.8 Å². The van der Waals surface area contributed by atoms with Gasteiger partial charge in [-0.1, -0.05) is 23.7 Å². The number of aryl methyl sites for hydroxylation is 1. The van der Waals surface area contributed by atoms with E-state index in [9.17, 15) is 9.59 Å². The first-order valence-electron chi connectivity index (χ1n) is 8.11. The molecule has 0 saturated carbocycles. The summed E-state index contributed by atoms with van der Waals surface area (Å²) in [5.41, 5.74) is 1.59. The number of benzene rings is 1. The van der Waals surface area contributed by atoms with Crippen molar-refractivity contribution in [2.75, 3.05) is 5.32 Å². The van der Waals surface area contributed by atoms with E-state index in [4.69, 9.17) is 11.6 Å². The third-order valence-electron chi connectivity index (χ3n) is 3.88. The molecule has 0 bridgehead atoms. The third-order valence-corrected chi connectivity index (χ3v) is 4.21. The summed E-state index contributed by atoms with van der Waals surface area (Å²) in [6.07, 6.45) is 3.24. The van der Waals surface area contributed by atoms with Gasteiger partial charge in [-0.05, 0) is 38.1 Å². The lowest BCUT2D eigenvalue weighted by atomic mass is 10.0. The van der Waals surface area contributed by atoms with Crippen LogP contribution in [-0.2, 0) is 6.54 Å². The Kier molecular flexibility index (Phi) is 5.14. The Morgan fingerprint density at radius 3 is 2.62 bits per heavy atom. The number of rotatable bonds is 5. The van der Waals surface area contributed by atoms with Crippen LogP contribution >= 0.6 is 11.6 Å². The molecule has 2 heterocycles. The van der Waals surface area contributed by atoms with Crippen LogP contribution < -0.4 is 10.9 Å². The minimum Gasteiger partial charge on any atom is -0.349 e. The lowest BCUT2D eigenvalue weighted by Gasteiger charge is -2.16. The fourth-order valence-electron chi connectivity index (χ4n) is 2.65. The highest BCUT2D eigenvalue weighted by Crippen LogP contribution is 2.29. The number of carbonyl (C=O) groups is 1. The molecule has 1 N–H and O–H groups in total. The Labute approximate surface area is 155 Å². The number of nitrogens with one attached hydrogen (secondary N) is 1. The summed E-state index contributed by atoms with van der Waals surface area (Å²) in [6.45, 7) is 3.58. The molecular formula is C19H17ClN4O2. The Morgan fingerprint density at radius 1 is 1.23 bits per heavy atom. The van der Waals surface area contributed by atoms with Gasteiger partial charge in [-0.3, -0.25) is 14.6 Å². The molecular weight excluding hydrogens is 352 g/mol. The van der Waals surface area contributed by atoms with E-state index in [-0.39, 0.29) is 22.6 Å². The van der Waals surface area contributed by atoms with E-state index in [1.807, 2.05) is 6.92 Å². The fourth-order valence-corrected chi connectivity index (χ4v) is 2.83. The van der Waals surface area contributed by atoms with Crippen molar-refractivity contribution in [2.24, 2.45) is 0 Å². The van der Waals surface area contributed by atoms with Gasteiger partial charge < -0.3 is 5.32 Å². The summed E-state index contributed by atoms with van der Waals surface area (Å²) < 4.78 is 1.31. The van der Waals surface area contributed by atoms with Gasteiger partial charge in [-0.25, -0.2) is 4.68 Å². The second kappa shape index (κ2) is 7.49. The van der Waals surface area contributed by atoms with Crippen LogP contribution in [0.5, 0.6) is 0 Å². The SMILES string of the molecule is CCn1nc(-c2cccnc2)c(C(C)=O)c(Nc2ccccc2Cl)c1=O. The Hall–Kier alpha value is -2.99. The number of halogens is 1. The van der Waals surface area contributed by atoms with Crippen molar-refractivity contribution < 1.29 is 4.79 Å². The van der Waals surface area contributed by atoms with E-state index in [0.29, 0.717) is 28.5 Å². The molecule has 0 aliphatic heterocycles. The van der Waals surface area contributed by atoms with Gasteiger partial charge in [-0.15, -0.1) is 0 Å². The normalized spacial score (nSPS) is 10.6. The summed E-state index contributed by atoms with van der Waals surface area (Å²) in [5.74, 6) is -0.272. The maximum atomic E-state index is 12.9. The van der Waals surface area contributed by atoms with Crippen molar-refractivity contribution >= 4 is 28.8 Å². The van der Waals surface area contributed by atoms with Gasteiger partial charge in [-0.2, -0.15) is 5.10 Å². The summed E-state index contributed by atoms with van der Waals surface area (Å²) in [5, 5.41) is 7.85. The highest BCUT2D eigenvalue weighted by Gasteiger charge is 2.22. The predicted molar refractivity (Wildman–Crippen MR) is 102 cm³/mol. The first kappa shape index (κ1) is 17.8. The van der Waals surface area contributed by atoms with E-state index >= 15 is 0 Å². The molecule has 1 aromatic carbocycles. The number of para-hydroxylation sites is 1. The van der Waals surface area contributed by atoms with Crippen LogP contribution in [0.3, 0.4) is 0 Å². The minimum atomic E-state index is -0.384. The van der Waals surface area contributed by atoms with Crippen LogP contribution in [0.2, 0.25) is 5.02 Å². The second-order valence-electron chi connectivity index (χ2n) is 5.62. The van der Waals surface area contributed by atoms with E-state index in [0.717, 1.165) is 0 Å². The van der Waals surface area contributed by atoms with Crippen molar-refractivity contribution in [3.05, 3.63) is 69.7 Å². The Morgan fingerprint density at radius 2 is 2.00 bits per heavy atom. The first-order valence-corrected chi connectivity index (χ1v) is 8.48. The largest absolute Gasteiger partial charge is 0.349 e. The van der Waals surface area contributed by atoms with Gasteiger partial charge >= 0.3 is 0 Å². The molecule has 0 atom stereocenters. The summed E-state index contributed by atoms with van der Waals surface area (Å²) in [7, 11) is 0. The molecule has 0 fully saturated rings. The van der Waals surface area contributed by atoms with Crippen LogP contribution in [0.15, 0.2) is 53.6 Å².